The first-order valence-corrected chi connectivity index (χ1v) is 15.4. The zero-order chi connectivity index (χ0) is 51.0. The van der Waals surface area contributed by atoms with Gasteiger partial charge in [0.2, 0.25) is 0 Å². The number of aromatic nitrogens is 2. The van der Waals surface area contributed by atoms with Crippen molar-refractivity contribution in [3.63, 3.8) is 0 Å². The van der Waals surface area contributed by atoms with Gasteiger partial charge in [-0.1, -0.05) is 22.0 Å². The van der Waals surface area contributed by atoms with Gasteiger partial charge in [-0.2, -0.15) is 105 Å². The molecule has 373 valence electrons. The molecule has 0 saturated heterocycles. The van der Waals surface area contributed by atoms with E-state index in [4.69, 9.17) is 0 Å². The molecule has 1 aliphatic heterocycles. The van der Waals surface area contributed by atoms with Crippen molar-refractivity contribution in [3.8, 4) is 0 Å². The molecule has 0 aliphatic carbocycles. The number of carbonyl (C=O) groups excluding carboxylic acids is 4. The number of ketones is 4. The van der Waals surface area contributed by atoms with Gasteiger partial charge in [0.25, 0.3) is 23.1 Å². The third kappa shape index (κ3) is 31.9. The molecule has 0 atom stereocenters. The van der Waals surface area contributed by atoms with Crippen LogP contribution in [0.4, 0.5) is 105 Å². The predicted molar refractivity (Wildman–Crippen MR) is 148 cm³/mol. The molecule has 0 spiro atoms. The van der Waals surface area contributed by atoms with E-state index < -0.39 is 120 Å². The molecular weight excluding hydrogens is 1120 g/mol. The Bertz CT molecular complexity index is 1660. The van der Waals surface area contributed by atoms with Crippen LogP contribution in [0.1, 0.15) is 5.82 Å². The van der Waals surface area contributed by atoms with E-state index in [9.17, 15) is 145 Å². The molecule has 65 heavy (non-hydrogen) atoms. The van der Waals surface area contributed by atoms with Crippen LogP contribution in [0.3, 0.4) is 0 Å². The average Bonchev–Trinajstić information content (AvgIpc) is 3.62. The van der Waals surface area contributed by atoms with Crippen LogP contribution in [-0.2, 0) is 52.7 Å². The Morgan fingerprint density at radius 1 is 0.446 bits per heavy atom. The normalized spacial score (nSPS) is 14.2. The Morgan fingerprint density at radius 3 is 0.815 bits per heavy atom. The van der Waals surface area contributed by atoms with Crippen molar-refractivity contribution < 1.29 is 179 Å². The first kappa shape index (κ1) is 69.5. The first-order chi connectivity index (χ1) is 27.7. The summed E-state index contributed by atoms with van der Waals surface area (Å²) >= 11 is 0. The zero-order valence-corrected chi connectivity index (χ0v) is 32.4. The molecule has 0 unspecified atom stereocenters. The van der Waals surface area contributed by atoms with Crippen LogP contribution in [-0.4, -0.2) is 88.3 Å². The number of allylic oxidation sites excluding steroid dienone is 8. The third-order valence-electron chi connectivity index (χ3n) is 4.33. The summed E-state index contributed by atoms with van der Waals surface area (Å²) in [5.41, 5.74) is 0. The second kappa shape index (κ2) is 27.2. The van der Waals surface area contributed by atoms with Crippen LogP contribution >= 0.6 is 22.0 Å². The summed E-state index contributed by atoms with van der Waals surface area (Å²) in [6, 6.07) is 1.76. The topological polar surface area (TPSA) is 213 Å². The summed E-state index contributed by atoms with van der Waals surface area (Å²) < 4.78 is 279. The number of hydrogen-bond acceptors (Lipinski definition) is 13. The number of halogens is 24. The van der Waals surface area contributed by atoms with Gasteiger partial charge in [0, 0.05) is 12.4 Å². The van der Waals surface area contributed by atoms with Crippen molar-refractivity contribution in [3.05, 3.63) is 76.3 Å². The van der Waals surface area contributed by atoms with E-state index in [0.29, 0.717) is 11.7 Å². The number of alkyl halides is 24. The number of carbonyl (C=O) groups is 4. The van der Waals surface area contributed by atoms with E-state index >= 15 is 0 Å². The van der Waals surface area contributed by atoms with Gasteiger partial charge >= 0.3 is 83.0 Å². The SMILES string of the molecule is O=C(/C=C(\[O-])C(F)(F)F)C(F)(F)F.O=C(/C=C(\[O-])C(F)(F)F)C(F)(F)F.O=C(/C=C(\[O-])C(F)(F)F)C(F)(F)F.O=C(/C=C(\[O-])C(F)(F)F)C(F)(F)F.[Co+2].[Co+3].c1cnc(C2=NSS[N-]2)nc1. The van der Waals surface area contributed by atoms with Crippen molar-refractivity contribution in [2.45, 2.75) is 49.4 Å². The van der Waals surface area contributed by atoms with Crippen molar-refractivity contribution in [1.82, 2.24) is 9.97 Å². The van der Waals surface area contributed by atoms with Crippen LogP contribution in [0.5, 0.6) is 0 Å². The van der Waals surface area contributed by atoms with E-state index in [1.807, 2.05) is 0 Å². The molecule has 0 bridgehead atoms. The van der Waals surface area contributed by atoms with Crippen molar-refractivity contribution in [2.75, 3.05) is 0 Å². The molecule has 2 rings (SSSR count). The van der Waals surface area contributed by atoms with E-state index in [1.165, 1.54) is 22.0 Å². The van der Waals surface area contributed by atoms with Crippen LogP contribution in [0.2, 0.25) is 0 Å². The van der Waals surface area contributed by atoms with Crippen molar-refractivity contribution in [1.29, 1.82) is 0 Å². The maximum atomic E-state index is 11.3. The molecule has 0 fully saturated rings. The summed E-state index contributed by atoms with van der Waals surface area (Å²) in [5, 5.41) is 39.3. The van der Waals surface area contributed by atoms with Gasteiger partial charge in [-0.3, -0.25) is 19.2 Å². The minimum Gasteiger partial charge on any atom is -0.869 e. The summed E-state index contributed by atoms with van der Waals surface area (Å²) in [7, 11) is 2.67. The second-order valence-corrected chi connectivity index (χ2v) is 10.8. The quantitative estimate of drug-likeness (QED) is 0.117. The zero-order valence-electron chi connectivity index (χ0n) is 28.7. The summed E-state index contributed by atoms with van der Waals surface area (Å²) in [5.74, 6) is -21.4. The molecule has 12 nitrogen and oxygen atoms in total. The predicted octanol–water partition coefficient (Wildman–Crippen LogP) is 5.51. The standard InChI is InChI=1S/4C5H2F6O2.C5H3N4S2.2Co/c4*6-4(7,8)2(12)1-3(13)5(9,10)11;1-2-6-4(7-3-1)5-8-10-11-9-5;;/h4*1,12H;1-3H;;/q;;;;-1;+2;+3/p-4/b4*2-1-;;;. The molecular formula is C25H7Co2F24N4O8S2. The van der Waals surface area contributed by atoms with Crippen LogP contribution in [0.15, 0.2) is 70.2 Å². The van der Waals surface area contributed by atoms with Gasteiger partial charge in [-0.05, 0) is 59.2 Å². The molecule has 40 heteroatoms. The summed E-state index contributed by atoms with van der Waals surface area (Å²) in [6.07, 6.45) is -44.4. The van der Waals surface area contributed by atoms with Gasteiger partial charge in [0.1, 0.15) is 0 Å². The number of amidine groups is 1. The third-order valence-corrected chi connectivity index (χ3v) is 5.54. The Hall–Kier alpha value is -4.58. The molecule has 0 amide bonds. The minimum absolute atomic E-state index is 0. The van der Waals surface area contributed by atoms with Crippen molar-refractivity contribution >= 4 is 50.9 Å². The fraction of sp³-hybridized carbons (Fsp3) is 0.320. The minimum atomic E-state index is -5.46. The first-order valence-electron chi connectivity index (χ1n) is 13.3. The Balaban J connectivity index is -0.000000229. The molecule has 1 radical (unpaired) electrons. The Labute approximate surface area is 369 Å². The van der Waals surface area contributed by atoms with Crippen molar-refractivity contribution in [2.24, 2.45) is 4.40 Å². The van der Waals surface area contributed by atoms with E-state index in [2.05, 4.69) is 19.1 Å². The average molecular weight is 1130 g/mol. The van der Waals surface area contributed by atoms with Gasteiger partial charge in [-0.15, -0.1) is 0 Å². The molecule has 1 aliphatic rings. The van der Waals surface area contributed by atoms with E-state index in [-0.39, 0.29) is 33.6 Å². The molecule has 0 aromatic carbocycles. The largest absolute Gasteiger partial charge is 3.00 e. The molecule has 1 aromatic rings. The van der Waals surface area contributed by atoms with Crippen LogP contribution in [0.25, 0.3) is 4.72 Å². The molecule has 1 aromatic heterocycles. The van der Waals surface area contributed by atoms with Crippen LogP contribution in [0, 0.1) is 0 Å². The summed E-state index contributed by atoms with van der Waals surface area (Å²) in [4.78, 5) is 47.3. The monoisotopic (exact) mass is 1130 g/mol. The Kier molecular flexibility index (Phi) is 29.0. The smallest absolute Gasteiger partial charge is 0.869 e. The maximum absolute atomic E-state index is 11.3. The molecule has 0 saturated carbocycles. The summed E-state index contributed by atoms with van der Waals surface area (Å²) in [6.45, 7) is 0. The van der Waals surface area contributed by atoms with E-state index in [0.717, 1.165) is 0 Å². The van der Waals surface area contributed by atoms with Gasteiger partial charge in [0.05, 0.1) is 0 Å². The number of rotatable bonds is 5. The fourth-order valence-electron chi connectivity index (χ4n) is 1.75. The molecule has 2 heterocycles. The fourth-order valence-corrected chi connectivity index (χ4v) is 2.88. The number of nitrogens with zero attached hydrogens (tertiary/aromatic N) is 4. The second-order valence-electron chi connectivity index (χ2n) is 9.20. The van der Waals surface area contributed by atoms with E-state index in [1.54, 1.807) is 18.5 Å². The van der Waals surface area contributed by atoms with Crippen LogP contribution < -0.4 is 20.4 Å². The Morgan fingerprint density at radius 2 is 0.662 bits per heavy atom. The van der Waals surface area contributed by atoms with Gasteiger partial charge < -0.3 is 29.5 Å². The number of hydrogen-bond donors (Lipinski definition) is 0. The molecule has 0 N–H and O–H groups in total. The van der Waals surface area contributed by atoms with Gasteiger partial charge in [0.15, 0.2) is 5.82 Å². The van der Waals surface area contributed by atoms with Gasteiger partial charge in [-0.25, -0.2) is 9.97 Å². The maximum Gasteiger partial charge on any atom is 3.00 e.